The van der Waals surface area contributed by atoms with Crippen LogP contribution < -0.4 is 4.74 Å². The Morgan fingerprint density at radius 2 is 1.80 bits per heavy atom. The number of benzene rings is 1. The molecule has 4 heteroatoms. The van der Waals surface area contributed by atoms with Crippen molar-refractivity contribution in [3.63, 3.8) is 0 Å². The molecule has 1 N–H and O–H groups in total. The molecule has 1 fully saturated rings. The maximum Gasteiger partial charge on any atom is 0.123 e. The van der Waals surface area contributed by atoms with Gasteiger partial charge in [-0.15, -0.1) is 0 Å². The second-order valence-electron chi connectivity index (χ2n) is 5.97. The lowest BCUT2D eigenvalue weighted by atomic mass is 10.1. The van der Waals surface area contributed by atoms with Crippen molar-refractivity contribution in [2.75, 3.05) is 39.8 Å². The SMILES string of the molecule is COc1ccc(CN2CCN(CC(C)C)CC2)c(O)c1. The van der Waals surface area contributed by atoms with Crippen molar-refractivity contribution in [2.24, 2.45) is 5.92 Å². The molecule has 1 aromatic carbocycles. The van der Waals surface area contributed by atoms with Gasteiger partial charge in [-0.2, -0.15) is 0 Å². The molecule has 1 aliphatic rings. The third kappa shape index (κ3) is 4.12. The molecule has 1 saturated heterocycles. The van der Waals surface area contributed by atoms with Crippen LogP contribution in [0, 0.1) is 5.92 Å². The first-order valence-corrected chi connectivity index (χ1v) is 7.39. The Morgan fingerprint density at radius 1 is 1.15 bits per heavy atom. The predicted octanol–water partition coefficient (Wildman–Crippen LogP) is 2.17. The van der Waals surface area contributed by atoms with Crippen LogP contribution in [0.4, 0.5) is 0 Å². The van der Waals surface area contributed by atoms with E-state index in [0.717, 1.165) is 44.2 Å². The van der Waals surface area contributed by atoms with Gasteiger partial charge in [-0.3, -0.25) is 4.90 Å². The van der Waals surface area contributed by atoms with Crippen LogP contribution in [0.5, 0.6) is 11.5 Å². The van der Waals surface area contributed by atoms with Gasteiger partial charge < -0.3 is 14.7 Å². The first-order chi connectivity index (χ1) is 9.58. The fourth-order valence-corrected chi connectivity index (χ4v) is 2.69. The van der Waals surface area contributed by atoms with E-state index in [1.165, 1.54) is 6.54 Å². The van der Waals surface area contributed by atoms with Crippen molar-refractivity contribution in [1.82, 2.24) is 9.80 Å². The van der Waals surface area contributed by atoms with Crippen molar-refractivity contribution < 1.29 is 9.84 Å². The third-order valence-corrected chi connectivity index (χ3v) is 3.77. The van der Waals surface area contributed by atoms with Crippen LogP contribution in [-0.2, 0) is 6.54 Å². The van der Waals surface area contributed by atoms with Crippen molar-refractivity contribution in [3.8, 4) is 11.5 Å². The number of phenolic OH excluding ortho intramolecular Hbond substituents is 1. The van der Waals surface area contributed by atoms with Crippen LogP contribution in [0.15, 0.2) is 18.2 Å². The predicted molar refractivity (Wildman–Crippen MR) is 81.2 cm³/mol. The molecule has 1 aromatic rings. The second-order valence-corrected chi connectivity index (χ2v) is 5.97. The average molecular weight is 278 g/mol. The number of hydrogen-bond acceptors (Lipinski definition) is 4. The highest BCUT2D eigenvalue weighted by atomic mass is 16.5. The van der Waals surface area contributed by atoms with Crippen molar-refractivity contribution >= 4 is 0 Å². The maximum absolute atomic E-state index is 10.0. The van der Waals surface area contributed by atoms with Crippen LogP contribution in [0.1, 0.15) is 19.4 Å². The summed E-state index contributed by atoms with van der Waals surface area (Å²) >= 11 is 0. The summed E-state index contributed by atoms with van der Waals surface area (Å²) in [6, 6.07) is 5.54. The number of ether oxygens (including phenoxy) is 1. The van der Waals surface area contributed by atoms with Gasteiger partial charge in [-0.1, -0.05) is 19.9 Å². The van der Waals surface area contributed by atoms with Gasteiger partial charge in [-0.25, -0.2) is 0 Å². The van der Waals surface area contributed by atoms with Crippen molar-refractivity contribution in [1.29, 1.82) is 0 Å². The van der Waals surface area contributed by atoms with Crippen LogP contribution in [-0.4, -0.2) is 54.7 Å². The summed E-state index contributed by atoms with van der Waals surface area (Å²) in [5.41, 5.74) is 0.975. The van der Waals surface area contributed by atoms with Gasteiger partial charge in [0, 0.05) is 50.9 Å². The first-order valence-electron chi connectivity index (χ1n) is 7.39. The van der Waals surface area contributed by atoms with Gasteiger partial charge in [0.05, 0.1) is 7.11 Å². The molecule has 0 unspecified atom stereocenters. The quantitative estimate of drug-likeness (QED) is 0.895. The van der Waals surface area contributed by atoms with Crippen molar-refractivity contribution in [2.45, 2.75) is 20.4 Å². The minimum absolute atomic E-state index is 0.328. The van der Waals surface area contributed by atoms with Gasteiger partial charge >= 0.3 is 0 Å². The smallest absolute Gasteiger partial charge is 0.123 e. The molecule has 0 bridgehead atoms. The zero-order valence-corrected chi connectivity index (χ0v) is 12.8. The summed E-state index contributed by atoms with van der Waals surface area (Å²) in [4.78, 5) is 4.92. The van der Waals surface area contributed by atoms with E-state index in [-0.39, 0.29) is 0 Å². The molecule has 112 valence electrons. The van der Waals surface area contributed by atoms with E-state index in [4.69, 9.17) is 4.74 Å². The lowest BCUT2D eigenvalue weighted by molar-refractivity contribution is 0.117. The topological polar surface area (TPSA) is 35.9 Å². The number of nitrogens with zero attached hydrogens (tertiary/aromatic N) is 2. The number of rotatable bonds is 5. The third-order valence-electron chi connectivity index (χ3n) is 3.77. The van der Waals surface area contributed by atoms with Crippen LogP contribution in [0.3, 0.4) is 0 Å². The molecule has 0 aromatic heterocycles. The number of methoxy groups -OCH3 is 1. The Kier molecular flexibility index (Phi) is 5.26. The monoisotopic (exact) mass is 278 g/mol. The van der Waals surface area contributed by atoms with E-state index >= 15 is 0 Å². The molecule has 0 aliphatic carbocycles. The van der Waals surface area contributed by atoms with E-state index in [9.17, 15) is 5.11 Å². The Morgan fingerprint density at radius 3 is 2.35 bits per heavy atom. The summed E-state index contributed by atoms with van der Waals surface area (Å²) in [7, 11) is 1.61. The summed E-state index contributed by atoms with van der Waals surface area (Å²) in [6.07, 6.45) is 0. The summed E-state index contributed by atoms with van der Waals surface area (Å²) in [5.74, 6) is 1.76. The summed E-state index contributed by atoms with van der Waals surface area (Å²) in [5, 5.41) is 10.0. The number of piperazine rings is 1. The number of phenols is 1. The Hall–Kier alpha value is -1.26. The van der Waals surface area contributed by atoms with Crippen LogP contribution >= 0.6 is 0 Å². The van der Waals surface area contributed by atoms with Crippen LogP contribution in [0.2, 0.25) is 0 Å². The first kappa shape index (κ1) is 15.1. The molecule has 0 atom stereocenters. The van der Waals surface area contributed by atoms with E-state index < -0.39 is 0 Å². The van der Waals surface area contributed by atoms with Gasteiger partial charge in [0.2, 0.25) is 0 Å². The van der Waals surface area contributed by atoms with E-state index in [2.05, 4.69) is 23.6 Å². The fourth-order valence-electron chi connectivity index (χ4n) is 2.69. The normalized spacial score (nSPS) is 17.6. The lowest BCUT2D eigenvalue weighted by Crippen LogP contribution is -2.46. The van der Waals surface area contributed by atoms with Crippen molar-refractivity contribution in [3.05, 3.63) is 23.8 Å². The number of hydrogen-bond donors (Lipinski definition) is 1. The standard InChI is InChI=1S/C16H26N2O2/c1-13(2)11-17-6-8-18(9-7-17)12-14-4-5-15(20-3)10-16(14)19/h4-5,10,13,19H,6-9,11-12H2,1-3H3. The van der Waals surface area contributed by atoms with Gasteiger partial charge in [0.25, 0.3) is 0 Å². The average Bonchev–Trinajstić information content (AvgIpc) is 2.42. The Labute approximate surface area is 122 Å². The maximum atomic E-state index is 10.0. The lowest BCUT2D eigenvalue weighted by Gasteiger charge is -2.35. The summed E-state index contributed by atoms with van der Waals surface area (Å²) in [6.45, 7) is 10.9. The number of aromatic hydroxyl groups is 1. The fraction of sp³-hybridized carbons (Fsp3) is 0.625. The Bertz CT molecular complexity index is 426. The van der Waals surface area contributed by atoms with E-state index in [0.29, 0.717) is 11.5 Å². The summed E-state index contributed by atoms with van der Waals surface area (Å²) < 4.78 is 5.11. The molecular weight excluding hydrogens is 252 g/mol. The van der Waals surface area contributed by atoms with Gasteiger partial charge in [-0.05, 0) is 12.0 Å². The van der Waals surface area contributed by atoms with Gasteiger partial charge in [0.1, 0.15) is 11.5 Å². The molecule has 20 heavy (non-hydrogen) atoms. The van der Waals surface area contributed by atoms with Gasteiger partial charge in [0.15, 0.2) is 0 Å². The molecule has 0 spiro atoms. The largest absolute Gasteiger partial charge is 0.507 e. The molecule has 0 amide bonds. The molecule has 1 heterocycles. The Balaban J connectivity index is 1.86. The highest BCUT2D eigenvalue weighted by molar-refractivity contribution is 5.39. The molecule has 0 radical (unpaired) electrons. The van der Waals surface area contributed by atoms with Crippen LogP contribution in [0.25, 0.3) is 0 Å². The molecule has 0 saturated carbocycles. The minimum atomic E-state index is 0.328. The minimum Gasteiger partial charge on any atom is -0.507 e. The van der Waals surface area contributed by atoms with E-state index in [1.54, 1.807) is 13.2 Å². The highest BCUT2D eigenvalue weighted by Crippen LogP contribution is 2.24. The molecule has 1 aliphatic heterocycles. The second kappa shape index (κ2) is 6.95. The molecule has 4 nitrogen and oxygen atoms in total. The van der Waals surface area contributed by atoms with E-state index in [1.807, 2.05) is 12.1 Å². The zero-order chi connectivity index (χ0) is 14.5. The highest BCUT2D eigenvalue weighted by Gasteiger charge is 2.18. The molecular formula is C16H26N2O2. The zero-order valence-electron chi connectivity index (χ0n) is 12.8. The molecule has 2 rings (SSSR count).